The van der Waals surface area contributed by atoms with Gasteiger partial charge in [0.05, 0.1) is 26.9 Å². The zero-order valence-corrected chi connectivity index (χ0v) is 19.0. The summed E-state index contributed by atoms with van der Waals surface area (Å²) in [5.41, 5.74) is 1.82. The molecule has 0 amide bonds. The van der Waals surface area contributed by atoms with Crippen molar-refractivity contribution in [1.29, 1.82) is 0 Å². The van der Waals surface area contributed by atoms with Crippen molar-refractivity contribution in [2.45, 2.75) is 25.5 Å². The summed E-state index contributed by atoms with van der Waals surface area (Å²) < 4.78 is 10.6. The minimum Gasteiger partial charge on any atom is -0.497 e. The Balaban J connectivity index is 1.63. The summed E-state index contributed by atoms with van der Waals surface area (Å²) in [7, 11) is 3.18. The van der Waals surface area contributed by atoms with E-state index in [9.17, 15) is 5.11 Å². The fourth-order valence-corrected chi connectivity index (χ4v) is 3.79. The molecule has 0 saturated carbocycles. The summed E-state index contributed by atoms with van der Waals surface area (Å²) in [6.07, 6.45) is 0.220. The summed E-state index contributed by atoms with van der Waals surface area (Å²) in [6, 6.07) is 13.5. The zero-order valence-electron chi connectivity index (χ0n) is 18.3. The number of hydrogen-bond donors (Lipinski definition) is 3. The second-order valence-electron chi connectivity index (χ2n) is 7.44. The summed E-state index contributed by atoms with van der Waals surface area (Å²) in [5.74, 6) is 1.96. The molecule has 0 radical (unpaired) electrons. The van der Waals surface area contributed by atoms with E-state index < -0.39 is 6.10 Å². The van der Waals surface area contributed by atoms with Gasteiger partial charge in [-0.2, -0.15) is 0 Å². The first-order chi connectivity index (χ1) is 15.0. The van der Waals surface area contributed by atoms with E-state index in [1.165, 1.54) is 0 Å². The normalized spacial score (nSPS) is 17.4. The smallest absolute Gasteiger partial charge is 0.191 e. The highest BCUT2D eigenvalue weighted by atomic mass is 35.5. The van der Waals surface area contributed by atoms with E-state index in [1.807, 2.05) is 25.1 Å². The van der Waals surface area contributed by atoms with Gasteiger partial charge in [-0.15, -0.1) is 0 Å². The molecule has 2 unspecified atom stereocenters. The molecule has 31 heavy (non-hydrogen) atoms. The molecule has 1 saturated heterocycles. The molecule has 2 aromatic rings. The lowest BCUT2D eigenvalue weighted by Gasteiger charge is -2.21. The molecule has 0 spiro atoms. The van der Waals surface area contributed by atoms with Crippen LogP contribution >= 0.6 is 11.6 Å². The van der Waals surface area contributed by atoms with Gasteiger partial charge in [0.2, 0.25) is 0 Å². The SMILES string of the molecule is CCNC(=NCC(O)c1cc(OC)cc(OC)c1)NC1CCN(c2cccc(Cl)c2)C1. The lowest BCUT2D eigenvalue weighted by molar-refractivity contribution is 0.186. The molecule has 168 valence electrons. The van der Waals surface area contributed by atoms with E-state index in [-0.39, 0.29) is 12.6 Å². The molecule has 3 rings (SSSR count). The van der Waals surface area contributed by atoms with Crippen LogP contribution in [0, 0.1) is 0 Å². The molecule has 1 aliphatic heterocycles. The van der Waals surface area contributed by atoms with Crippen molar-refractivity contribution in [2.75, 3.05) is 45.3 Å². The first-order valence-corrected chi connectivity index (χ1v) is 10.9. The van der Waals surface area contributed by atoms with E-state index >= 15 is 0 Å². The molecular weight excluding hydrogens is 416 g/mol. The van der Waals surface area contributed by atoms with Crippen molar-refractivity contribution < 1.29 is 14.6 Å². The molecule has 7 nitrogen and oxygen atoms in total. The van der Waals surface area contributed by atoms with Gasteiger partial charge in [0.1, 0.15) is 11.5 Å². The third-order valence-corrected chi connectivity index (χ3v) is 5.46. The Hall–Kier alpha value is -2.64. The van der Waals surface area contributed by atoms with Gasteiger partial charge in [0, 0.05) is 42.5 Å². The number of nitrogens with one attached hydrogen (secondary N) is 2. The lowest BCUT2D eigenvalue weighted by Crippen LogP contribution is -2.44. The highest BCUT2D eigenvalue weighted by molar-refractivity contribution is 6.30. The second kappa shape index (κ2) is 11.1. The minimum absolute atomic E-state index is 0.219. The number of aliphatic imine (C=N–C) groups is 1. The van der Waals surface area contributed by atoms with Gasteiger partial charge in [0.25, 0.3) is 0 Å². The molecule has 2 aromatic carbocycles. The fraction of sp³-hybridized carbons (Fsp3) is 0.435. The predicted molar refractivity (Wildman–Crippen MR) is 126 cm³/mol. The van der Waals surface area contributed by atoms with Crippen LogP contribution in [0.2, 0.25) is 5.02 Å². The van der Waals surface area contributed by atoms with Gasteiger partial charge in [-0.25, -0.2) is 0 Å². The average Bonchev–Trinajstić information content (AvgIpc) is 3.25. The predicted octanol–water partition coefficient (Wildman–Crippen LogP) is 3.22. The van der Waals surface area contributed by atoms with E-state index in [0.29, 0.717) is 23.0 Å². The Kier molecular flexibility index (Phi) is 8.26. The molecule has 2 atom stereocenters. The van der Waals surface area contributed by atoms with Crippen LogP contribution < -0.4 is 25.0 Å². The average molecular weight is 447 g/mol. The van der Waals surface area contributed by atoms with Crippen LogP contribution in [-0.4, -0.2) is 57.5 Å². The molecule has 0 aliphatic carbocycles. The molecule has 1 fully saturated rings. The van der Waals surface area contributed by atoms with Gasteiger partial charge in [-0.05, 0) is 49.2 Å². The topological polar surface area (TPSA) is 78.4 Å². The molecule has 3 N–H and O–H groups in total. The Morgan fingerprint density at radius 3 is 2.61 bits per heavy atom. The van der Waals surface area contributed by atoms with Gasteiger partial charge in [-0.3, -0.25) is 4.99 Å². The number of halogens is 1. The van der Waals surface area contributed by atoms with E-state index in [1.54, 1.807) is 32.4 Å². The highest BCUT2D eigenvalue weighted by Gasteiger charge is 2.23. The van der Waals surface area contributed by atoms with Gasteiger partial charge in [-0.1, -0.05) is 17.7 Å². The number of rotatable bonds is 8. The van der Waals surface area contributed by atoms with Crippen LogP contribution in [-0.2, 0) is 0 Å². The number of benzene rings is 2. The molecule has 0 aromatic heterocycles. The summed E-state index contributed by atoms with van der Waals surface area (Å²) in [6.45, 7) is 4.79. The third-order valence-electron chi connectivity index (χ3n) is 5.23. The van der Waals surface area contributed by atoms with Crippen molar-refractivity contribution in [2.24, 2.45) is 4.99 Å². The molecule has 8 heteroatoms. The van der Waals surface area contributed by atoms with Crippen LogP contribution in [0.1, 0.15) is 25.0 Å². The number of aliphatic hydroxyl groups is 1. The van der Waals surface area contributed by atoms with Crippen molar-refractivity contribution in [1.82, 2.24) is 10.6 Å². The van der Waals surface area contributed by atoms with Crippen LogP contribution in [0.15, 0.2) is 47.5 Å². The van der Waals surface area contributed by atoms with Crippen molar-refractivity contribution in [3.63, 3.8) is 0 Å². The minimum atomic E-state index is -0.772. The maximum atomic E-state index is 10.7. The number of anilines is 1. The standard InChI is InChI=1S/C23H31ClN4O3/c1-4-25-23(26-14-22(29)16-10-20(30-2)13-21(11-16)31-3)27-18-8-9-28(15-18)19-7-5-6-17(24)12-19/h5-7,10-13,18,22,29H,4,8-9,14-15H2,1-3H3,(H2,25,26,27). The number of hydrogen-bond acceptors (Lipinski definition) is 5. The number of methoxy groups -OCH3 is 2. The molecule has 1 heterocycles. The summed E-state index contributed by atoms with van der Waals surface area (Å²) in [5, 5.41) is 18.2. The van der Waals surface area contributed by atoms with Gasteiger partial charge in [0.15, 0.2) is 5.96 Å². The Morgan fingerprint density at radius 2 is 1.97 bits per heavy atom. The van der Waals surface area contributed by atoms with Crippen LogP contribution in [0.3, 0.4) is 0 Å². The maximum absolute atomic E-state index is 10.7. The van der Waals surface area contributed by atoms with Gasteiger partial charge >= 0.3 is 0 Å². The Bertz CT molecular complexity index is 871. The number of nitrogens with zero attached hydrogens (tertiary/aromatic N) is 2. The highest BCUT2D eigenvalue weighted by Crippen LogP contribution is 2.27. The zero-order chi connectivity index (χ0) is 22.2. The fourth-order valence-electron chi connectivity index (χ4n) is 3.60. The molecule has 0 bridgehead atoms. The third kappa shape index (κ3) is 6.42. The van der Waals surface area contributed by atoms with Crippen LogP contribution in [0.4, 0.5) is 5.69 Å². The first-order valence-electron chi connectivity index (χ1n) is 10.5. The van der Waals surface area contributed by atoms with Crippen LogP contribution in [0.25, 0.3) is 0 Å². The van der Waals surface area contributed by atoms with Crippen molar-refractivity contribution in [3.05, 3.63) is 53.1 Å². The number of ether oxygens (including phenoxy) is 2. The summed E-state index contributed by atoms with van der Waals surface area (Å²) >= 11 is 6.13. The van der Waals surface area contributed by atoms with E-state index in [0.717, 1.165) is 36.8 Å². The monoisotopic (exact) mass is 446 g/mol. The number of aliphatic hydroxyl groups excluding tert-OH is 1. The first kappa shape index (κ1) is 23.0. The van der Waals surface area contributed by atoms with E-state index in [2.05, 4.69) is 26.6 Å². The molecule has 1 aliphatic rings. The van der Waals surface area contributed by atoms with Gasteiger partial charge < -0.3 is 30.1 Å². The molecular formula is C23H31ClN4O3. The Morgan fingerprint density at radius 1 is 1.23 bits per heavy atom. The summed E-state index contributed by atoms with van der Waals surface area (Å²) in [4.78, 5) is 6.91. The Labute approximate surface area is 189 Å². The maximum Gasteiger partial charge on any atom is 0.191 e. The second-order valence-corrected chi connectivity index (χ2v) is 7.87. The quantitative estimate of drug-likeness (QED) is 0.427. The van der Waals surface area contributed by atoms with Crippen LogP contribution in [0.5, 0.6) is 11.5 Å². The number of guanidine groups is 1. The van der Waals surface area contributed by atoms with Crippen molar-refractivity contribution >= 4 is 23.2 Å². The van der Waals surface area contributed by atoms with E-state index in [4.69, 9.17) is 21.1 Å². The lowest BCUT2D eigenvalue weighted by atomic mass is 10.1. The van der Waals surface area contributed by atoms with Crippen molar-refractivity contribution in [3.8, 4) is 11.5 Å². The largest absolute Gasteiger partial charge is 0.497 e.